The van der Waals surface area contributed by atoms with Gasteiger partial charge in [-0.25, -0.2) is 4.79 Å². The van der Waals surface area contributed by atoms with E-state index >= 15 is 0 Å². The molecular formula is C12H17ClN2O4. The van der Waals surface area contributed by atoms with E-state index in [1.807, 2.05) is 0 Å². The van der Waals surface area contributed by atoms with Crippen LogP contribution in [0.1, 0.15) is 0 Å². The van der Waals surface area contributed by atoms with Crippen LogP contribution in [0.5, 0.6) is 11.5 Å². The minimum absolute atomic E-state index is 0. The molecule has 1 aromatic rings. The molecule has 1 unspecified atom stereocenters. The van der Waals surface area contributed by atoms with Gasteiger partial charge in [0.1, 0.15) is 6.10 Å². The van der Waals surface area contributed by atoms with Crippen LogP contribution in [-0.2, 0) is 4.74 Å². The van der Waals surface area contributed by atoms with E-state index < -0.39 is 6.09 Å². The van der Waals surface area contributed by atoms with Gasteiger partial charge in [-0.05, 0) is 12.1 Å². The first-order chi connectivity index (χ1) is 8.69. The number of nitrogens with two attached hydrogens (primary N) is 1. The van der Waals surface area contributed by atoms with Crippen molar-refractivity contribution in [2.45, 2.75) is 6.10 Å². The summed E-state index contributed by atoms with van der Waals surface area (Å²) in [5, 5.41) is 0. The van der Waals surface area contributed by atoms with E-state index in [-0.39, 0.29) is 18.5 Å². The van der Waals surface area contributed by atoms with Crippen molar-refractivity contribution in [1.82, 2.24) is 0 Å². The zero-order chi connectivity index (χ0) is 13.1. The molecule has 106 valence electrons. The van der Waals surface area contributed by atoms with Crippen LogP contribution >= 0.6 is 12.4 Å². The number of amides is 1. The van der Waals surface area contributed by atoms with E-state index in [0.29, 0.717) is 30.3 Å². The number of nitrogens with zero attached hydrogens (tertiary/aromatic N) is 1. The molecule has 1 heterocycles. The Hall–Kier alpha value is -1.66. The molecule has 2 N–H and O–H groups in total. The predicted octanol–water partition coefficient (Wildman–Crippen LogP) is 1.41. The highest BCUT2D eigenvalue weighted by Crippen LogP contribution is 2.32. The molecule has 1 aromatic carbocycles. The maximum Gasteiger partial charge on any atom is 0.414 e. The first kappa shape index (κ1) is 15.4. The Morgan fingerprint density at radius 3 is 2.58 bits per heavy atom. The van der Waals surface area contributed by atoms with E-state index in [0.717, 1.165) is 0 Å². The molecule has 1 saturated heterocycles. The van der Waals surface area contributed by atoms with Gasteiger partial charge in [-0.1, -0.05) is 0 Å². The lowest BCUT2D eigenvalue weighted by atomic mass is 10.2. The van der Waals surface area contributed by atoms with Crippen molar-refractivity contribution >= 4 is 24.2 Å². The van der Waals surface area contributed by atoms with Crippen molar-refractivity contribution in [3.05, 3.63) is 18.2 Å². The monoisotopic (exact) mass is 288 g/mol. The van der Waals surface area contributed by atoms with Gasteiger partial charge in [0.05, 0.1) is 26.5 Å². The van der Waals surface area contributed by atoms with Crippen molar-refractivity contribution in [3.8, 4) is 11.5 Å². The van der Waals surface area contributed by atoms with Gasteiger partial charge >= 0.3 is 6.09 Å². The van der Waals surface area contributed by atoms with Gasteiger partial charge in [-0.3, -0.25) is 4.90 Å². The molecule has 0 bridgehead atoms. The minimum atomic E-state index is -0.391. The van der Waals surface area contributed by atoms with Gasteiger partial charge in [0.25, 0.3) is 0 Å². The largest absolute Gasteiger partial charge is 0.493 e. The molecule has 1 amide bonds. The summed E-state index contributed by atoms with van der Waals surface area (Å²) in [4.78, 5) is 13.2. The summed E-state index contributed by atoms with van der Waals surface area (Å²) in [6, 6.07) is 5.26. The van der Waals surface area contributed by atoms with E-state index in [2.05, 4.69) is 0 Å². The Morgan fingerprint density at radius 2 is 2.05 bits per heavy atom. The topological polar surface area (TPSA) is 74.0 Å². The van der Waals surface area contributed by atoms with Gasteiger partial charge in [0, 0.05) is 12.6 Å². The highest BCUT2D eigenvalue weighted by atomic mass is 35.5. The van der Waals surface area contributed by atoms with Gasteiger partial charge in [-0.15, -0.1) is 12.4 Å². The molecule has 1 aliphatic rings. The number of cyclic esters (lactones) is 1. The normalized spacial score (nSPS) is 17.7. The fraction of sp³-hybridized carbons (Fsp3) is 0.417. The summed E-state index contributed by atoms with van der Waals surface area (Å²) in [5.74, 6) is 1.18. The van der Waals surface area contributed by atoms with Crippen molar-refractivity contribution in [3.63, 3.8) is 0 Å². The number of benzene rings is 1. The van der Waals surface area contributed by atoms with Gasteiger partial charge < -0.3 is 19.9 Å². The Morgan fingerprint density at radius 1 is 1.37 bits per heavy atom. The molecule has 0 spiro atoms. The van der Waals surface area contributed by atoms with Crippen molar-refractivity contribution < 1.29 is 19.0 Å². The first-order valence-electron chi connectivity index (χ1n) is 5.59. The Kier molecular flexibility index (Phi) is 5.26. The summed E-state index contributed by atoms with van der Waals surface area (Å²) >= 11 is 0. The van der Waals surface area contributed by atoms with E-state index in [1.165, 1.54) is 4.90 Å². The molecule has 19 heavy (non-hydrogen) atoms. The summed E-state index contributed by atoms with van der Waals surface area (Å²) < 4.78 is 15.4. The van der Waals surface area contributed by atoms with Crippen molar-refractivity contribution in [1.29, 1.82) is 0 Å². The SMILES string of the molecule is COc1ccc(N2CC(CN)OC2=O)cc1OC.Cl. The first-order valence-corrected chi connectivity index (χ1v) is 5.59. The van der Waals surface area contributed by atoms with E-state index in [1.54, 1.807) is 32.4 Å². The number of ether oxygens (including phenoxy) is 3. The number of halogens is 1. The number of rotatable bonds is 4. The third kappa shape index (κ3) is 3.02. The van der Waals surface area contributed by atoms with Crippen LogP contribution in [0.25, 0.3) is 0 Å². The zero-order valence-corrected chi connectivity index (χ0v) is 11.6. The second-order valence-electron chi connectivity index (χ2n) is 3.89. The average molecular weight is 289 g/mol. The highest BCUT2D eigenvalue weighted by molar-refractivity contribution is 5.90. The van der Waals surface area contributed by atoms with E-state index in [9.17, 15) is 4.79 Å². The predicted molar refractivity (Wildman–Crippen MR) is 73.5 cm³/mol. The number of hydrogen-bond acceptors (Lipinski definition) is 5. The third-order valence-electron chi connectivity index (χ3n) is 2.82. The standard InChI is InChI=1S/C12H16N2O4.ClH/c1-16-10-4-3-8(5-11(10)17-2)14-7-9(6-13)18-12(14)15;/h3-5,9H,6-7,13H2,1-2H3;1H. The molecule has 2 rings (SSSR count). The number of carbonyl (C=O) groups excluding carboxylic acids is 1. The lowest BCUT2D eigenvalue weighted by Crippen LogP contribution is -2.27. The number of hydrogen-bond donors (Lipinski definition) is 1. The van der Waals surface area contributed by atoms with Crippen LogP contribution in [0.2, 0.25) is 0 Å². The Labute approximate surface area is 117 Å². The minimum Gasteiger partial charge on any atom is -0.493 e. The number of anilines is 1. The summed E-state index contributed by atoms with van der Waals surface area (Å²) in [5.41, 5.74) is 6.19. The quantitative estimate of drug-likeness (QED) is 0.907. The molecule has 1 atom stereocenters. The average Bonchev–Trinajstić information content (AvgIpc) is 2.79. The molecule has 6 nitrogen and oxygen atoms in total. The summed E-state index contributed by atoms with van der Waals surface area (Å²) in [6.07, 6.45) is -0.650. The molecule has 1 aliphatic heterocycles. The summed E-state index contributed by atoms with van der Waals surface area (Å²) in [6.45, 7) is 0.764. The fourth-order valence-electron chi connectivity index (χ4n) is 1.85. The third-order valence-corrected chi connectivity index (χ3v) is 2.82. The second kappa shape index (κ2) is 6.49. The zero-order valence-electron chi connectivity index (χ0n) is 10.8. The van der Waals surface area contributed by atoms with Crippen LogP contribution < -0.4 is 20.1 Å². The molecule has 0 aliphatic carbocycles. The highest BCUT2D eigenvalue weighted by Gasteiger charge is 2.31. The lowest BCUT2D eigenvalue weighted by Gasteiger charge is -2.15. The molecule has 0 radical (unpaired) electrons. The number of carbonyl (C=O) groups is 1. The Balaban J connectivity index is 0.00000180. The van der Waals surface area contributed by atoms with Crippen LogP contribution in [0, 0.1) is 0 Å². The van der Waals surface area contributed by atoms with Gasteiger partial charge in [0.15, 0.2) is 11.5 Å². The van der Waals surface area contributed by atoms with Crippen LogP contribution in [0.15, 0.2) is 18.2 Å². The maximum absolute atomic E-state index is 11.7. The maximum atomic E-state index is 11.7. The molecule has 0 aromatic heterocycles. The molecule has 7 heteroatoms. The van der Waals surface area contributed by atoms with Crippen molar-refractivity contribution in [2.24, 2.45) is 5.73 Å². The molecule has 0 saturated carbocycles. The Bertz CT molecular complexity index is 455. The van der Waals surface area contributed by atoms with Crippen molar-refractivity contribution in [2.75, 3.05) is 32.2 Å². The summed E-state index contributed by atoms with van der Waals surface area (Å²) in [7, 11) is 3.11. The van der Waals surface area contributed by atoms with Crippen LogP contribution in [0.3, 0.4) is 0 Å². The number of methoxy groups -OCH3 is 2. The molecule has 1 fully saturated rings. The smallest absolute Gasteiger partial charge is 0.414 e. The van der Waals surface area contributed by atoms with Gasteiger partial charge in [-0.2, -0.15) is 0 Å². The molecular weight excluding hydrogens is 272 g/mol. The van der Waals surface area contributed by atoms with E-state index in [4.69, 9.17) is 19.9 Å². The van der Waals surface area contributed by atoms with Crippen LogP contribution in [0.4, 0.5) is 10.5 Å². The lowest BCUT2D eigenvalue weighted by molar-refractivity contribution is 0.145. The van der Waals surface area contributed by atoms with Gasteiger partial charge in [0.2, 0.25) is 0 Å². The second-order valence-corrected chi connectivity index (χ2v) is 3.89. The van der Waals surface area contributed by atoms with Crippen LogP contribution in [-0.4, -0.2) is 39.5 Å². The fourth-order valence-corrected chi connectivity index (χ4v) is 1.85.